The third-order valence-electron chi connectivity index (χ3n) is 4.37. The number of nitrogens with one attached hydrogen (secondary N) is 1. The van der Waals surface area contributed by atoms with Crippen molar-refractivity contribution < 1.29 is 9.53 Å². The van der Waals surface area contributed by atoms with Crippen LogP contribution in [0.3, 0.4) is 0 Å². The standard InChI is InChI=1S/C19H20ClN3O2S/c1-19(9-10-26-18(21)23-19)13-5-3-12(4-6-13)17(24)22-15-11-14(20)7-8-16(15)25-2/h3-8,11H,9-10H2,1-2H3,(H2,21,23)(H,22,24). The van der Waals surface area contributed by atoms with Gasteiger partial charge in [0.15, 0.2) is 5.17 Å². The normalized spacial score (nSPS) is 19.6. The second-order valence-corrected chi connectivity index (χ2v) is 7.75. The minimum Gasteiger partial charge on any atom is -0.495 e. The van der Waals surface area contributed by atoms with Gasteiger partial charge in [0.2, 0.25) is 0 Å². The van der Waals surface area contributed by atoms with Gasteiger partial charge in [-0.15, -0.1) is 0 Å². The Morgan fingerprint density at radius 2 is 2.04 bits per heavy atom. The molecule has 0 spiro atoms. The van der Waals surface area contributed by atoms with Crippen molar-refractivity contribution in [2.45, 2.75) is 18.9 Å². The smallest absolute Gasteiger partial charge is 0.255 e. The van der Waals surface area contributed by atoms with E-state index in [1.165, 1.54) is 0 Å². The van der Waals surface area contributed by atoms with Crippen molar-refractivity contribution in [2.75, 3.05) is 18.2 Å². The first-order chi connectivity index (χ1) is 12.4. The number of anilines is 1. The second-order valence-electron chi connectivity index (χ2n) is 6.20. The minimum atomic E-state index is -0.347. The van der Waals surface area contributed by atoms with E-state index in [9.17, 15) is 4.79 Å². The summed E-state index contributed by atoms with van der Waals surface area (Å²) in [5, 5.41) is 3.96. The van der Waals surface area contributed by atoms with Gasteiger partial charge < -0.3 is 15.8 Å². The number of benzene rings is 2. The van der Waals surface area contributed by atoms with Crippen LogP contribution in [0.15, 0.2) is 47.5 Å². The zero-order valence-corrected chi connectivity index (χ0v) is 16.2. The molecule has 0 radical (unpaired) electrons. The molecule has 0 saturated carbocycles. The Morgan fingerprint density at radius 3 is 2.69 bits per heavy atom. The fourth-order valence-electron chi connectivity index (χ4n) is 2.85. The number of amides is 1. The van der Waals surface area contributed by atoms with Crippen molar-refractivity contribution in [1.29, 1.82) is 0 Å². The fourth-order valence-corrected chi connectivity index (χ4v) is 3.99. The molecule has 1 atom stereocenters. The SMILES string of the molecule is COc1ccc(Cl)cc1NC(=O)c1ccc(C2(C)CCSC(N)=N2)cc1. The summed E-state index contributed by atoms with van der Waals surface area (Å²) in [4.78, 5) is 17.1. The van der Waals surface area contributed by atoms with Crippen molar-refractivity contribution in [3.05, 3.63) is 58.6 Å². The van der Waals surface area contributed by atoms with E-state index in [2.05, 4.69) is 17.2 Å². The summed E-state index contributed by atoms with van der Waals surface area (Å²) >= 11 is 7.58. The fraction of sp³-hybridized carbons (Fsp3) is 0.263. The number of hydrogen-bond acceptors (Lipinski definition) is 5. The molecular weight excluding hydrogens is 370 g/mol. The highest BCUT2D eigenvalue weighted by Gasteiger charge is 2.29. The number of hydrogen-bond donors (Lipinski definition) is 2. The van der Waals surface area contributed by atoms with Crippen molar-refractivity contribution >= 4 is 40.1 Å². The molecule has 0 saturated heterocycles. The summed E-state index contributed by atoms with van der Waals surface area (Å²) in [5.74, 6) is 1.25. The quantitative estimate of drug-likeness (QED) is 0.818. The maximum Gasteiger partial charge on any atom is 0.255 e. The first-order valence-electron chi connectivity index (χ1n) is 8.15. The zero-order chi connectivity index (χ0) is 18.7. The molecule has 1 aliphatic heterocycles. The summed E-state index contributed by atoms with van der Waals surface area (Å²) in [6.07, 6.45) is 0.906. The molecule has 2 aromatic carbocycles. The molecule has 1 amide bonds. The van der Waals surface area contributed by atoms with Crippen LogP contribution in [-0.4, -0.2) is 23.9 Å². The van der Waals surface area contributed by atoms with Gasteiger partial charge in [0.05, 0.1) is 18.3 Å². The molecule has 7 heteroatoms. The highest BCUT2D eigenvalue weighted by Crippen LogP contribution is 2.35. The predicted molar refractivity (Wildman–Crippen MR) is 108 cm³/mol. The average Bonchev–Trinajstić information content (AvgIpc) is 2.62. The van der Waals surface area contributed by atoms with E-state index >= 15 is 0 Å². The number of nitrogens with zero attached hydrogens (tertiary/aromatic N) is 1. The third-order valence-corrected chi connectivity index (χ3v) is 5.40. The molecule has 1 unspecified atom stereocenters. The van der Waals surface area contributed by atoms with Gasteiger partial charge in [-0.1, -0.05) is 35.5 Å². The van der Waals surface area contributed by atoms with Gasteiger partial charge in [0.1, 0.15) is 5.75 Å². The first kappa shape index (κ1) is 18.6. The number of carbonyl (C=O) groups is 1. The van der Waals surface area contributed by atoms with Gasteiger partial charge in [-0.3, -0.25) is 9.79 Å². The zero-order valence-electron chi connectivity index (χ0n) is 14.6. The number of methoxy groups -OCH3 is 1. The molecule has 2 aromatic rings. The molecule has 1 heterocycles. The van der Waals surface area contributed by atoms with E-state index < -0.39 is 0 Å². The molecule has 0 aromatic heterocycles. The summed E-state index contributed by atoms with van der Waals surface area (Å²) in [5.41, 5.74) is 7.64. The number of thioether (sulfide) groups is 1. The second kappa shape index (κ2) is 7.60. The Balaban J connectivity index is 1.80. The van der Waals surface area contributed by atoms with E-state index in [0.717, 1.165) is 17.7 Å². The van der Waals surface area contributed by atoms with Crippen molar-refractivity contribution in [3.63, 3.8) is 0 Å². The Morgan fingerprint density at radius 1 is 1.31 bits per heavy atom. The van der Waals surface area contributed by atoms with E-state index in [-0.39, 0.29) is 11.4 Å². The first-order valence-corrected chi connectivity index (χ1v) is 9.51. The lowest BCUT2D eigenvalue weighted by Crippen LogP contribution is -2.28. The average molecular weight is 390 g/mol. The summed E-state index contributed by atoms with van der Waals surface area (Å²) < 4.78 is 5.26. The lowest BCUT2D eigenvalue weighted by atomic mass is 9.89. The molecule has 3 N–H and O–H groups in total. The molecule has 0 bridgehead atoms. The van der Waals surface area contributed by atoms with Gasteiger partial charge in [-0.2, -0.15) is 0 Å². The molecule has 5 nitrogen and oxygen atoms in total. The number of carbonyl (C=O) groups excluding carboxylic acids is 1. The van der Waals surface area contributed by atoms with Crippen LogP contribution in [0.1, 0.15) is 29.3 Å². The van der Waals surface area contributed by atoms with Crippen LogP contribution in [0.2, 0.25) is 5.02 Å². The van der Waals surface area contributed by atoms with Gasteiger partial charge in [0.25, 0.3) is 5.91 Å². The monoisotopic (exact) mass is 389 g/mol. The van der Waals surface area contributed by atoms with Crippen molar-refractivity contribution in [1.82, 2.24) is 0 Å². The lowest BCUT2D eigenvalue weighted by Gasteiger charge is -2.29. The minimum absolute atomic E-state index is 0.232. The molecule has 0 fully saturated rings. The van der Waals surface area contributed by atoms with Crippen molar-refractivity contribution in [3.8, 4) is 5.75 Å². The van der Waals surface area contributed by atoms with Crippen LogP contribution in [0.5, 0.6) is 5.75 Å². The van der Waals surface area contributed by atoms with Crippen LogP contribution in [0, 0.1) is 0 Å². The molecule has 136 valence electrons. The van der Waals surface area contributed by atoms with Crippen LogP contribution >= 0.6 is 23.4 Å². The topological polar surface area (TPSA) is 76.7 Å². The molecule has 1 aliphatic rings. The lowest BCUT2D eigenvalue weighted by molar-refractivity contribution is 0.102. The van der Waals surface area contributed by atoms with E-state index in [1.807, 2.05) is 12.1 Å². The maximum atomic E-state index is 12.6. The highest BCUT2D eigenvalue weighted by molar-refractivity contribution is 8.13. The number of rotatable bonds is 4. The third kappa shape index (κ3) is 3.97. The Kier molecular flexibility index (Phi) is 5.44. The maximum absolute atomic E-state index is 12.6. The van der Waals surface area contributed by atoms with E-state index in [1.54, 1.807) is 49.2 Å². The number of amidine groups is 1. The number of ether oxygens (including phenoxy) is 1. The largest absolute Gasteiger partial charge is 0.495 e. The molecule has 0 aliphatic carbocycles. The van der Waals surface area contributed by atoms with Crippen LogP contribution < -0.4 is 15.8 Å². The van der Waals surface area contributed by atoms with Gasteiger partial charge in [-0.05, 0) is 49.2 Å². The summed E-state index contributed by atoms with van der Waals surface area (Å²) in [7, 11) is 1.54. The Bertz CT molecular complexity index is 854. The summed E-state index contributed by atoms with van der Waals surface area (Å²) in [6.45, 7) is 2.06. The molecular formula is C19H20ClN3O2S. The van der Waals surface area contributed by atoms with E-state index in [0.29, 0.717) is 27.2 Å². The number of halogens is 1. The van der Waals surface area contributed by atoms with Crippen LogP contribution in [0.25, 0.3) is 0 Å². The van der Waals surface area contributed by atoms with Crippen LogP contribution in [-0.2, 0) is 5.54 Å². The summed E-state index contributed by atoms with van der Waals surface area (Å²) in [6, 6.07) is 12.5. The van der Waals surface area contributed by atoms with E-state index in [4.69, 9.17) is 22.1 Å². The molecule has 26 heavy (non-hydrogen) atoms. The Hall–Kier alpha value is -2.18. The van der Waals surface area contributed by atoms with Crippen LogP contribution in [0.4, 0.5) is 5.69 Å². The van der Waals surface area contributed by atoms with Gasteiger partial charge in [0, 0.05) is 16.3 Å². The van der Waals surface area contributed by atoms with Gasteiger partial charge >= 0.3 is 0 Å². The predicted octanol–water partition coefficient (Wildman–Crippen LogP) is 4.27. The molecule has 3 rings (SSSR count). The van der Waals surface area contributed by atoms with Crippen molar-refractivity contribution in [2.24, 2.45) is 10.7 Å². The Labute approximate surface area is 162 Å². The highest BCUT2D eigenvalue weighted by atomic mass is 35.5. The number of nitrogens with two attached hydrogens (primary N) is 1. The number of aliphatic imine (C=N–C) groups is 1. The van der Waals surface area contributed by atoms with Gasteiger partial charge in [-0.25, -0.2) is 0 Å².